The highest BCUT2D eigenvalue weighted by Crippen LogP contribution is 2.18. The lowest BCUT2D eigenvalue weighted by atomic mass is 10.1. The van der Waals surface area contributed by atoms with E-state index < -0.39 is 5.97 Å². The third-order valence-corrected chi connectivity index (χ3v) is 3.19. The molecule has 0 saturated carbocycles. The predicted octanol–water partition coefficient (Wildman–Crippen LogP) is 3.40. The molecule has 4 nitrogen and oxygen atoms in total. The second kappa shape index (κ2) is 6.39. The minimum absolute atomic E-state index is 0.0553. The molecule has 1 aromatic heterocycles. The van der Waals surface area contributed by atoms with Gasteiger partial charge in [0.05, 0.1) is 10.6 Å². The summed E-state index contributed by atoms with van der Waals surface area (Å²) >= 11 is 5.77. The molecular weight excluding hydrogens is 276 g/mol. The summed E-state index contributed by atoms with van der Waals surface area (Å²) in [5.41, 5.74) is 2.50. The van der Waals surface area contributed by atoms with E-state index >= 15 is 0 Å². The molecule has 0 atom stereocenters. The summed E-state index contributed by atoms with van der Waals surface area (Å²) < 4.78 is 0. The standard InChI is InChI=1S/C15H15ClN2O2/c1-10-3-2-4-11(7-10)5-6-17-14-8-12(15(19)20)13(16)9-18-14/h2-4,7-9H,5-6H2,1H3,(H,17,18)(H,19,20). The summed E-state index contributed by atoms with van der Waals surface area (Å²) in [7, 11) is 0. The quantitative estimate of drug-likeness (QED) is 0.886. The van der Waals surface area contributed by atoms with Crippen LogP contribution in [0.1, 0.15) is 21.5 Å². The maximum absolute atomic E-state index is 11.0. The third-order valence-electron chi connectivity index (χ3n) is 2.89. The molecule has 2 rings (SSSR count). The summed E-state index contributed by atoms with van der Waals surface area (Å²) in [4.78, 5) is 15.0. The van der Waals surface area contributed by atoms with E-state index in [0.29, 0.717) is 12.4 Å². The number of rotatable bonds is 5. The van der Waals surface area contributed by atoms with Crippen molar-refractivity contribution in [3.05, 3.63) is 58.2 Å². The first-order valence-corrected chi connectivity index (χ1v) is 6.62. The number of aryl methyl sites for hydroxylation is 1. The van der Waals surface area contributed by atoms with Crippen molar-refractivity contribution in [3.63, 3.8) is 0 Å². The van der Waals surface area contributed by atoms with Crippen molar-refractivity contribution in [2.75, 3.05) is 11.9 Å². The summed E-state index contributed by atoms with van der Waals surface area (Å²) in [6.45, 7) is 2.73. The van der Waals surface area contributed by atoms with Gasteiger partial charge in [-0.2, -0.15) is 0 Å². The fourth-order valence-electron chi connectivity index (χ4n) is 1.90. The van der Waals surface area contributed by atoms with Crippen LogP contribution in [0, 0.1) is 6.92 Å². The van der Waals surface area contributed by atoms with Gasteiger partial charge in [0.2, 0.25) is 0 Å². The van der Waals surface area contributed by atoms with Gasteiger partial charge in [0.15, 0.2) is 0 Å². The zero-order chi connectivity index (χ0) is 14.5. The Morgan fingerprint density at radius 2 is 2.20 bits per heavy atom. The summed E-state index contributed by atoms with van der Waals surface area (Å²) in [6, 6.07) is 9.71. The molecule has 2 N–H and O–H groups in total. The van der Waals surface area contributed by atoms with Crippen molar-refractivity contribution in [2.45, 2.75) is 13.3 Å². The van der Waals surface area contributed by atoms with Crippen LogP contribution in [0.5, 0.6) is 0 Å². The number of aromatic nitrogens is 1. The fraction of sp³-hybridized carbons (Fsp3) is 0.200. The number of carboxylic acid groups (broad SMARTS) is 1. The van der Waals surface area contributed by atoms with Crippen molar-refractivity contribution in [1.82, 2.24) is 4.98 Å². The maximum Gasteiger partial charge on any atom is 0.337 e. The Morgan fingerprint density at radius 1 is 1.40 bits per heavy atom. The Bertz CT molecular complexity index is 629. The topological polar surface area (TPSA) is 62.2 Å². The maximum atomic E-state index is 11.0. The predicted molar refractivity (Wildman–Crippen MR) is 79.6 cm³/mol. The first-order chi connectivity index (χ1) is 9.56. The summed E-state index contributed by atoms with van der Waals surface area (Å²) in [5, 5.41) is 12.2. The molecule has 0 spiro atoms. The minimum Gasteiger partial charge on any atom is -0.478 e. The fourth-order valence-corrected chi connectivity index (χ4v) is 2.09. The van der Waals surface area contributed by atoms with E-state index in [-0.39, 0.29) is 10.6 Å². The van der Waals surface area contributed by atoms with Crippen molar-refractivity contribution >= 4 is 23.4 Å². The molecule has 0 saturated heterocycles. The van der Waals surface area contributed by atoms with Crippen LogP contribution in [0.25, 0.3) is 0 Å². The van der Waals surface area contributed by atoms with Crippen LogP contribution < -0.4 is 5.32 Å². The monoisotopic (exact) mass is 290 g/mol. The average molecular weight is 291 g/mol. The van der Waals surface area contributed by atoms with Crippen LogP contribution in [0.3, 0.4) is 0 Å². The zero-order valence-corrected chi connectivity index (χ0v) is 11.8. The largest absolute Gasteiger partial charge is 0.478 e. The highest BCUT2D eigenvalue weighted by molar-refractivity contribution is 6.33. The lowest BCUT2D eigenvalue weighted by molar-refractivity contribution is 0.0697. The lowest BCUT2D eigenvalue weighted by Crippen LogP contribution is -2.08. The second-order valence-corrected chi connectivity index (χ2v) is 4.93. The molecule has 1 heterocycles. The van der Waals surface area contributed by atoms with E-state index in [9.17, 15) is 4.79 Å². The molecule has 0 bridgehead atoms. The molecule has 20 heavy (non-hydrogen) atoms. The highest BCUT2D eigenvalue weighted by atomic mass is 35.5. The Labute approximate surface area is 122 Å². The van der Waals surface area contributed by atoms with E-state index in [2.05, 4.69) is 35.4 Å². The van der Waals surface area contributed by atoms with Gasteiger partial charge in [-0.3, -0.25) is 0 Å². The van der Waals surface area contributed by atoms with Crippen molar-refractivity contribution in [3.8, 4) is 0 Å². The van der Waals surface area contributed by atoms with E-state index in [4.69, 9.17) is 16.7 Å². The Hall–Kier alpha value is -2.07. The molecule has 2 aromatic rings. The molecular formula is C15H15ClN2O2. The Balaban J connectivity index is 1.97. The molecule has 0 amide bonds. The van der Waals surface area contributed by atoms with Gasteiger partial charge in [0.25, 0.3) is 0 Å². The summed E-state index contributed by atoms with van der Waals surface area (Å²) in [5.74, 6) is -0.543. The second-order valence-electron chi connectivity index (χ2n) is 4.52. The number of benzene rings is 1. The van der Waals surface area contributed by atoms with Crippen LogP contribution in [0.2, 0.25) is 5.02 Å². The van der Waals surface area contributed by atoms with Crippen LogP contribution in [0.15, 0.2) is 36.5 Å². The first kappa shape index (κ1) is 14.3. The summed E-state index contributed by atoms with van der Waals surface area (Å²) in [6.07, 6.45) is 2.19. The molecule has 0 aliphatic heterocycles. The number of halogens is 1. The molecule has 0 fully saturated rings. The molecule has 0 radical (unpaired) electrons. The van der Waals surface area contributed by atoms with E-state index in [1.165, 1.54) is 23.4 Å². The molecule has 0 aliphatic rings. The highest BCUT2D eigenvalue weighted by Gasteiger charge is 2.10. The van der Waals surface area contributed by atoms with Crippen LogP contribution in [-0.2, 0) is 6.42 Å². The van der Waals surface area contributed by atoms with E-state index in [1.807, 2.05) is 6.07 Å². The van der Waals surface area contributed by atoms with Gasteiger partial charge < -0.3 is 10.4 Å². The molecule has 5 heteroatoms. The van der Waals surface area contributed by atoms with Crippen LogP contribution in [-0.4, -0.2) is 22.6 Å². The van der Waals surface area contributed by atoms with Crippen molar-refractivity contribution in [1.29, 1.82) is 0 Å². The zero-order valence-electron chi connectivity index (χ0n) is 11.1. The smallest absolute Gasteiger partial charge is 0.337 e. The van der Waals surface area contributed by atoms with E-state index in [0.717, 1.165) is 6.42 Å². The van der Waals surface area contributed by atoms with Gasteiger partial charge in [0, 0.05) is 12.7 Å². The normalized spacial score (nSPS) is 10.3. The van der Waals surface area contributed by atoms with Crippen molar-refractivity contribution in [2.24, 2.45) is 0 Å². The van der Waals surface area contributed by atoms with Gasteiger partial charge >= 0.3 is 5.97 Å². The number of hydrogen-bond acceptors (Lipinski definition) is 3. The van der Waals surface area contributed by atoms with Gasteiger partial charge in [-0.05, 0) is 25.0 Å². The number of hydrogen-bond donors (Lipinski definition) is 2. The third kappa shape index (κ3) is 3.71. The lowest BCUT2D eigenvalue weighted by Gasteiger charge is -2.07. The minimum atomic E-state index is -1.06. The Morgan fingerprint density at radius 3 is 2.90 bits per heavy atom. The van der Waals surface area contributed by atoms with Crippen molar-refractivity contribution < 1.29 is 9.90 Å². The SMILES string of the molecule is Cc1cccc(CCNc2cc(C(=O)O)c(Cl)cn2)c1. The van der Waals surface area contributed by atoms with Gasteiger partial charge in [-0.25, -0.2) is 9.78 Å². The first-order valence-electron chi connectivity index (χ1n) is 6.24. The van der Waals surface area contributed by atoms with Gasteiger partial charge in [-0.15, -0.1) is 0 Å². The number of carbonyl (C=O) groups is 1. The number of nitrogens with one attached hydrogen (secondary N) is 1. The van der Waals surface area contributed by atoms with Gasteiger partial charge in [-0.1, -0.05) is 41.4 Å². The van der Waals surface area contributed by atoms with Gasteiger partial charge in [0.1, 0.15) is 5.82 Å². The number of aromatic carboxylic acids is 1. The molecule has 0 aliphatic carbocycles. The van der Waals surface area contributed by atoms with E-state index in [1.54, 1.807) is 0 Å². The average Bonchev–Trinajstić information content (AvgIpc) is 2.40. The number of carboxylic acids is 1. The molecule has 104 valence electrons. The van der Waals surface area contributed by atoms with Crippen LogP contribution in [0.4, 0.5) is 5.82 Å². The number of anilines is 1. The number of pyridine rings is 1. The Kier molecular flexibility index (Phi) is 4.58. The molecule has 1 aromatic carbocycles. The number of nitrogens with zero attached hydrogens (tertiary/aromatic N) is 1. The van der Waals surface area contributed by atoms with Crippen LogP contribution >= 0.6 is 11.6 Å². The molecule has 0 unspecified atom stereocenters.